The second-order valence-corrected chi connectivity index (χ2v) is 8.72. The number of amides is 2. The van der Waals surface area contributed by atoms with Gasteiger partial charge < -0.3 is 20.1 Å². The largest absolute Gasteiger partial charge is 0.507 e. The van der Waals surface area contributed by atoms with Crippen molar-refractivity contribution in [1.82, 2.24) is 10.2 Å². The van der Waals surface area contributed by atoms with Crippen molar-refractivity contribution in [3.05, 3.63) is 87.6 Å². The maximum Gasteiger partial charge on any atom is 0.258 e. The zero-order valence-electron chi connectivity index (χ0n) is 19.0. The van der Waals surface area contributed by atoms with Crippen LogP contribution >= 0.6 is 11.3 Å². The minimum Gasteiger partial charge on any atom is -0.507 e. The number of hydrogen-bond acceptors (Lipinski definition) is 5. The molecular formula is C26H30N2O4S. The molecule has 174 valence electrons. The van der Waals surface area contributed by atoms with Crippen LogP contribution in [0.4, 0.5) is 0 Å². The van der Waals surface area contributed by atoms with Crippen molar-refractivity contribution in [3.8, 4) is 5.75 Å². The van der Waals surface area contributed by atoms with Gasteiger partial charge in [0.15, 0.2) is 0 Å². The lowest BCUT2D eigenvalue weighted by molar-refractivity contribution is -0.126. The third-order valence-electron chi connectivity index (χ3n) is 5.22. The van der Waals surface area contributed by atoms with Gasteiger partial charge in [0.05, 0.1) is 12.1 Å². The molecule has 1 atom stereocenters. The Morgan fingerprint density at radius 1 is 1.09 bits per heavy atom. The third-order valence-corrected chi connectivity index (χ3v) is 6.08. The molecule has 3 aromatic rings. The molecule has 2 aromatic carbocycles. The number of phenolic OH excluding ortho intramolecular Hbond substituents is 1. The van der Waals surface area contributed by atoms with E-state index in [-0.39, 0.29) is 23.8 Å². The summed E-state index contributed by atoms with van der Waals surface area (Å²) in [7, 11) is 0. The van der Waals surface area contributed by atoms with E-state index in [2.05, 4.69) is 5.32 Å². The molecule has 0 aliphatic carbocycles. The summed E-state index contributed by atoms with van der Waals surface area (Å²) in [5.41, 5.74) is 1.94. The van der Waals surface area contributed by atoms with E-state index >= 15 is 0 Å². The molecule has 0 saturated heterocycles. The van der Waals surface area contributed by atoms with Crippen molar-refractivity contribution in [1.29, 1.82) is 0 Å². The van der Waals surface area contributed by atoms with Gasteiger partial charge in [-0.25, -0.2) is 0 Å². The standard InChI is InChI=1S/C26H30N2O4S/c1-3-32-16-7-15-27-25(30)24(20-13-11-19(2)12-14-20)28(18-21-8-6-17-33-21)26(31)22-9-4-5-10-23(22)29/h4-6,8-14,17,24,29H,3,7,15-16,18H2,1-2H3,(H,27,30)/t24-/m1/s1. The van der Waals surface area contributed by atoms with Crippen molar-refractivity contribution >= 4 is 23.2 Å². The van der Waals surface area contributed by atoms with Crippen LogP contribution in [0.3, 0.4) is 0 Å². The summed E-state index contributed by atoms with van der Waals surface area (Å²) >= 11 is 1.52. The van der Waals surface area contributed by atoms with Crippen molar-refractivity contribution in [3.63, 3.8) is 0 Å². The summed E-state index contributed by atoms with van der Waals surface area (Å²) in [6.45, 7) is 5.78. The van der Waals surface area contributed by atoms with E-state index in [9.17, 15) is 14.7 Å². The van der Waals surface area contributed by atoms with Crippen molar-refractivity contribution in [2.24, 2.45) is 0 Å². The van der Waals surface area contributed by atoms with E-state index in [1.165, 1.54) is 22.3 Å². The highest BCUT2D eigenvalue weighted by Crippen LogP contribution is 2.29. The molecular weight excluding hydrogens is 436 g/mol. The number of carbonyl (C=O) groups excluding carboxylic acids is 2. The van der Waals surface area contributed by atoms with Crippen LogP contribution in [0.15, 0.2) is 66.0 Å². The van der Waals surface area contributed by atoms with Crippen LogP contribution in [0.2, 0.25) is 0 Å². The molecule has 0 saturated carbocycles. The predicted octanol–water partition coefficient (Wildman–Crippen LogP) is 4.69. The number of benzene rings is 2. The summed E-state index contributed by atoms with van der Waals surface area (Å²) in [6.07, 6.45) is 0.679. The molecule has 2 N–H and O–H groups in total. The van der Waals surface area contributed by atoms with Gasteiger partial charge in [0, 0.05) is 24.6 Å². The molecule has 7 heteroatoms. The number of nitrogens with zero attached hydrogens (tertiary/aromatic N) is 1. The van der Waals surface area contributed by atoms with Gasteiger partial charge in [-0.05, 0) is 49.4 Å². The highest BCUT2D eigenvalue weighted by molar-refractivity contribution is 7.09. The highest BCUT2D eigenvalue weighted by atomic mass is 32.1. The average Bonchev–Trinajstić information content (AvgIpc) is 3.33. The molecule has 6 nitrogen and oxygen atoms in total. The van der Waals surface area contributed by atoms with Gasteiger partial charge in [-0.3, -0.25) is 9.59 Å². The Morgan fingerprint density at radius 3 is 2.52 bits per heavy atom. The number of para-hydroxylation sites is 1. The summed E-state index contributed by atoms with van der Waals surface area (Å²) < 4.78 is 5.36. The number of phenols is 1. The molecule has 1 aromatic heterocycles. The van der Waals surface area contributed by atoms with E-state index in [1.54, 1.807) is 18.2 Å². The van der Waals surface area contributed by atoms with E-state index in [1.807, 2.05) is 55.6 Å². The fourth-order valence-corrected chi connectivity index (χ4v) is 4.21. The Kier molecular flexibility index (Phi) is 9.04. The number of aryl methyl sites for hydroxylation is 1. The SMILES string of the molecule is CCOCCCNC(=O)[C@@H](c1ccc(C)cc1)N(Cc1cccs1)C(=O)c1ccccc1O. The number of nitrogens with one attached hydrogen (secondary N) is 1. The van der Waals surface area contributed by atoms with Crippen LogP contribution in [0, 0.1) is 6.92 Å². The molecule has 0 aliphatic rings. The maximum atomic E-state index is 13.7. The summed E-state index contributed by atoms with van der Waals surface area (Å²) in [5, 5.41) is 15.2. The van der Waals surface area contributed by atoms with Crippen LogP contribution in [0.1, 0.15) is 45.7 Å². The van der Waals surface area contributed by atoms with E-state index < -0.39 is 11.9 Å². The van der Waals surface area contributed by atoms with Crippen molar-refractivity contribution in [2.45, 2.75) is 32.9 Å². The van der Waals surface area contributed by atoms with E-state index in [0.717, 1.165) is 10.4 Å². The second-order valence-electron chi connectivity index (χ2n) is 7.68. The Labute approximate surface area is 198 Å². The van der Waals surface area contributed by atoms with Crippen LogP contribution in [-0.2, 0) is 16.1 Å². The number of rotatable bonds is 11. The van der Waals surface area contributed by atoms with Crippen LogP contribution in [-0.4, -0.2) is 41.6 Å². The van der Waals surface area contributed by atoms with E-state index in [0.29, 0.717) is 31.7 Å². The summed E-state index contributed by atoms with van der Waals surface area (Å²) in [4.78, 5) is 29.6. The first-order valence-corrected chi connectivity index (χ1v) is 11.9. The fraction of sp³-hybridized carbons (Fsp3) is 0.308. The lowest BCUT2D eigenvalue weighted by Crippen LogP contribution is -2.43. The van der Waals surface area contributed by atoms with Gasteiger partial charge in [0.25, 0.3) is 5.91 Å². The molecule has 33 heavy (non-hydrogen) atoms. The van der Waals surface area contributed by atoms with Gasteiger partial charge >= 0.3 is 0 Å². The smallest absolute Gasteiger partial charge is 0.258 e. The summed E-state index contributed by atoms with van der Waals surface area (Å²) in [6, 6.07) is 17.0. The lowest BCUT2D eigenvalue weighted by atomic mass is 10.0. The van der Waals surface area contributed by atoms with Crippen molar-refractivity contribution in [2.75, 3.05) is 19.8 Å². The molecule has 3 rings (SSSR count). The fourth-order valence-electron chi connectivity index (χ4n) is 3.51. The highest BCUT2D eigenvalue weighted by Gasteiger charge is 2.33. The lowest BCUT2D eigenvalue weighted by Gasteiger charge is -2.31. The third kappa shape index (κ3) is 6.66. The van der Waals surface area contributed by atoms with Crippen molar-refractivity contribution < 1.29 is 19.4 Å². The normalized spacial score (nSPS) is 11.7. The number of hydrogen-bond donors (Lipinski definition) is 2. The molecule has 0 fully saturated rings. The molecule has 2 amide bonds. The topological polar surface area (TPSA) is 78.9 Å². The zero-order chi connectivity index (χ0) is 23.6. The van der Waals surface area contributed by atoms with Gasteiger partial charge in [-0.15, -0.1) is 11.3 Å². The number of ether oxygens (including phenoxy) is 1. The van der Waals surface area contributed by atoms with Crippen LogP contribution in [0.25, 0.3) is 0 Å². The Bertz CT molecular complexity index is 1030. The first-order valence-electron chi connectivity index (χ1n) is 11.0. The number of thiophene rings is 1. The van der Waals surface area contributed by atoms with Gasteiger partial charge in [0.1, 0.15) is 11.8 Å². The quantitative estimate of drug-likeness (QED) is 0.402. The Balaban J connectivity index is 1.96. The molecule has 0 bridgehead atoms. The Morgan fingerprint density at radius 2 is 1.85 bits per heavy atom. The molecule has 0 spiro atoms. The number of carbonyl (C=O) groups is 2. The number of aromatic hydroxyl groups is 1. The van der Waals surface area contributed by atoms with Gasteiger partial charge in [-0.2, -0.15) is 0 Å². The van der Waals surface area contributed by atoms with Gasteiger partial charge in [0.2, 0.25) is 5.91 Å². The summed E-state index contributed by atoms with van der Waals surface area (Å²) in [5.74, 6) is -0.786. The second kappa shape index (κ2) is 12.2. The zero-order valence-corrected chi connectivity index (χ0v) is 19.8. The molecule has 1 heterocycles. The van der Waals surface area contributed by atoms with Crippen LogP contribution in [0.5, 0.6) is 5.75 Å². The van der Waals surface area contributed by atoms with Gasteiger partial charge in [-0.1, -0.05) is 48.0 Å². The molecule has 0 radical (unpaired) electrons. The minimum atomic E-state index is -0.855. The first-order chi connectivity index (χ1) is 16.0. The Hall–Kier alpha value is -3.16. The maximum absolute atomic E-state index is 13.7. The van der Waals surface area contributed by atoms with Crippen LogP contribution < -0.4 is 5.32 Å². The van der Waals surface area contributed by atoms with E-state index in [4.69, 9.17) is 4.74 Å². The minimum absolute atomic E-state index is 0.113. The predicted molar refractivity (Wildman–Crippen MR) is 130 cm³/mol. The average molecular weight is 467 g/mol. The first kappa shape index (κ1) is 24.5. The monoisotopic (exact) mass is 466 g/mol. The molecule has 0 aliphatic heterocycles. The molecule has 0 unspecified atom stereocenters.